The monoisotopic (exact) mass is 448 g/mol. The Morgan fingerprint density at radius 2 is 1.69 bits per heavy atom. The first-order valence-electron chi connectivity index (χ1n) is 9.80. The number of carbonyl (C=O) groups excluding carboxylic acids is 2. The van der Waals surface area contributed by atoms with Crippen molar-refractivity contribution in [2.45, 2.75) is 13.0 Å². The Labute approximate surface area is 191 Å². The summed E-state index contributed by atoms with van der Waals surface area (Å²) >= 11 is 5.90. The molecule has 0 radical (unpaired) electrons. The van der Waals surface area contributed by atoms with E-state index in [0.717, 1.165) is 5.56 Å². The SMILES string of the molecule is C[C@@H](Oc1cccc(Cl)c1)C(=O)N/N=C\c1ccc(OC(=O)/C=C/c2ccccc2)cc1. The van der Waals surface area contributed by atoms with Crippen molar-refractivity contribution in [3.63, 3.8) is 0 Å². The first-order valence-corrected chi connectivity index (χ1v) is 10.2. The number of rotatable bonds is 8. The van der Waals surface area contributed by atoms with Gasteiger partial charge in [0.05, 0.1) is 6.21 Å². The van der Waals surface area contributed by atoms with E-state index in [0.29, 0.717) is 22.1 Å². The highest BCUT2D eigenvalue weighted by molar-refractivity contribution is 6.30. The molecule has 0 aromatic heterocycles. The van der Waals surface area contributed by atoms with Crippen molar-refractivity contribution in [3.05, 3.63) is 101 Å². The van der Waals surface area contributed by atoms with Gasteiger partial charge in [0.25, 0.3) is 5.91 Å². The van der Waals surface area contributed by atoms with Gasteiger partial charge in [-0.05, 0) is 66.6 Å². The van der Waals surface area contributed by atoms with Crippen LogP contribution in [0.5, 0.6) is 11.5 Å². The normalized spacial score (nSPS) is 11.9. The van der Waals surface area contributed by atoms with Crippen LogP contribution in [0.3, 0.4) is 0 Å². The van der Waals surface area contributed by atoms with Crippen LogP contribution in [0, 0.1) is 0 Å². The molecule has 3 aromatic rings. The molecule has 0 aliphatic rings. The third-order valence-electron chi connectivity index (χ3n) is 4.18. The van der Waals surface area contributed by atoms with Gasteiger partial charge in [-0.3, -0.25) is 4.79 Å². The maximum atomic E-state index is 12.1. The lowest BCUT2D eigenvalue weighted by molar-refractivity contribution is -0.129. The van der Waals surface area contributed by atoms with Gasteiger partial charge in [-0.15, -0.1) is 0 Å². The second-order valence-corrected chi connectivity index (χ2v) is 7.12. The zero-order valence-corrected chi connectivity index (χ0v) is 18.0. The predicted octanol–water partition coefficient (Wildman–Crippen LogP) is 4.88. The molecule has 0 spiro atoms. The number of carbonyl (C=O) groups is 2. The Balaban J connectivity index is 1.46. The largest absolute Gasteiger partial charge is 0.481 e. The highest BCUT2D eigenvalue weighted by Crippen LogP contribution is 2.18. The van der Waals surface area contributed by atoms with Gasteiger partial charge >= 0.3 is 5.97 Å². The molecule has 0 unspecified atom stereocenters. The molecule has 7 heteroatoms. The summed E-state index contributed by atoms with van der Waals surface area (Å²) < 4.78 is 10.8. The second kappa shape index (κ2) is 11.5. The number of benzene rings is 3. The van der Waals surface area contributed by atoms with Gasteiger partial charge in [-0.1, -0.05) is 48.0 Å². The number of nitrogens with one attached hydrogen (secondary N) is 1. The van der Waals surface area contributed by atoms with E-state index < -0.39 is 18.0 Å². The van der Waals surface area contributed by atoms with Crippen LogP contribution in [0.15, 0.2) is 90.0 Å². The van der Waals surface area contributed by atoms with Crippen LogP contribution in [0.4, 0.5) is 0 Å². The van der Waals surface area contributed by atoms with Gasteiger partial charge in [0.15, 0.2) is 6.10 Å². The Morgan fingerprint density at radius 1 is 0.938 bits per heavy atom. The molecule has 0 saturated heterocycles. The van der Waals surface area contributed by atoms with Crippen molar-refractivity contribution < 1.29 is 19.1 Å². The van der Waals surface area contributed by atoms with E-state index in [-0.39, 0.29) is 0 Å². The lowest BCUT2D eigenvalue weighted by Crippen LogP contribution is -2.33. The first-order chi connectivity index (χ1) is 15.5. The van der Waals surface area contributed by atoms with E-state index in [9.17, 15) is 9.59 Å². The lowest BCUT2D eigenvalue weighted by Gasteiger charge is -2.12. The molecular formula is C25H21ClN2O4. The molecule has 32 heavy (non-hydrogen) atoms. The van der Waals surface area contributed by atoms with E-state index in [1.54, 1.807) is 61.5 Å². The molecule has 3 aromatic carbocycles. The zero-order valence-electron chi connectivity index (χ0n) is 17.3. The highest BCUT2D eigenvalue weighted by atomic mass is 35.5. The van der Waals surface area contributed by atoms with Crippen molar-refractivity contribution in [1.82, 2.24) is 5.43 Å². The smallest absolute Gasteiger partial charge is 0.336 e. The number of nitrogens with zero attached hydrogens (tertiary/aromatic N) is 1. The molecule has 0 aliphatic carbocycles. The van der Waals surface area contributed by atoms with Crippen molar-refractivity contribution in [2.24, 2.45) is 5.10 Å². The predicted molar refractivity (Wildman–Crippen MR) is 125 cm³/mol. The van der Waals surface area contributed by atoms with E-state index >= 15 is 0 Å². The van der Waals surface area contributed by atoms with Crippen LogP contribution < -0.4 is 14.9 Å². The number of hydrogen-bond donors (Lipinski definition) is 1. The number of ether oxygens (including phenoxy) is 2. The molecule has 1 N–H and O–H groups in total. The molecule has 6 nitrogen and oxygen atoms in total. The summed E-state index contributed by atoms with van der Waals surface area (Å²) in [5, 5.41) is 4.45. The zero-order chi connectivity index (χ0) is 22.8. The summed E-state index contributed by atoms with van der Waals surface area (Å²) in [7, 11) is 0. The summed E-state index contributed by atoms with van der Waals surface area (Å²) in [6.45, 7) is 1.61. The third kappa shape index (κ3) is 7.41. The summed E-state index contributed by atoms with van der Waals surface area (Å²) in [4.78, 5) is 24.0. The highest BCUT2D eigenvalue weighted by Gasteiger charge is 2.13. The van der Waals surface area contributed by atoms with Crippen molar-refractivity contribution in [3.8, 4) is 11.5 Å². The van der Waals surface area contributed by atoms with Gasteiger partial charge in [0.2, 0.25) is 0 Å². The molecule has 3 rings (SSSR count). The number of amides is 1. The van der Waals surface area contributed by atoms with Gasteiger partial charge in [0, 0.05) is 11.1 Å². The summed E-state index contributed by atoms with van der Waals surface area (Å²) in [6, 6.07) is 23.0. The van der Waals surface area contributed by atoms with Crippen LogP contribution in [0.1, 0.15) is 18.1 Å². The van der Waals surface area contributed by atoms with Gasteiger partial charge in [0.1, 0.15) is 11.5 Å². The van der Waals surface area contributed by atoms with Gasteiger partial charge in [-0.25, -0.2) is 10.2 Å². The average Bonchev–Trinajstić information content (AvgIpc) is 2.79. The van der Waals surface area contributed by atoms with E-state index in [1.807, 2.05) is 30.3 Å². The fraction of sp³-hybridized carbons (Fsp3) is 0.0800. The van der Waals surface area contributed by atoms with Gasteiger partial charge < -0.3 is 9.47 Å². The average molecular weight is 449 g/mol. The fourth-order valence-electron chi connectivity index (χ4n) is 2.56. The molecule has 0 aliphatic heterocycles. The third-order valence-corrected chi connectivity index (χ3v) is 4.41. The van der Waals surface area contributed by atoms with Gasteiger partial charge in [-0.2, -0.15) is 5.10 Å². The minimum absolute atomic E-state index is 0.400. The Bertz CT molecular complexity index is 1110. The molecule has 0 fully saturated rings. The Hall–Kier alpha value is -3.90. The molecule has 1 amide bonds. The van der Waals surface area contributed by atoms with Crippen molar-refractivity contribution >= 4 is 35.8 Å². The minimum atomic E-state index is -0.753. The maximum Gasteiger partial charge on any atom is 0.336 e. The summed E-state index contributed by atoms with van der Waals surface area (Å²) in [6.07, 6.45) is 3.78. The van der Waals surface area contributed by atoms with E-state index in [1.165, 1.54) is 12.3 Å². The quantitative estimate of drug-likeness (QED) is 0.175. The second-order valence-electron chi connectivity index (χ2n) is 6.69. The van der Waals surface area contributed by atoms with E-state index in [4.69, 9.17) is 21.1 Å². The molecule has 162 valence electrons. The van der Waals surface area contributed by atoms with Crippen LogP contribution in [0.2, 0.25) is 5.02 Å². The molecule has 1 atom stereocenters. The molecule has 0 saturated carbocycles. The van der Waals surface area contributed by atoms with Crippen molar-refractivity contribution in [1.29, 1.82) is 0 Å². The first kappa shape index (κ1) is 22.8. The standard InChI is InChI=1S/C25H21ClN2O4/c1-18(31-23-9-5-8-21(26)16-23)25(30)28-27-17-20-10-13-22(14-11-20)32-24(29)15-12-19-6-3-2-4-7-19/h2-18H,1H3,(H,28,30)/b15-12+,27-17-/t18-/m1/s1. The molecular weight excluding hydrogens is 428 g/mol. The van der Waals surface area contributed by atoms with Crippen LogP contribution in [-0.4, -0.2) is 24.2 Å². The fourth-order valence-corrected chi connectivity index (χ4v) is 2.74. The van der Waals surface area contributed by atoms with Crippen LogP contribution in [0.25, 0.3) is 6.08 Å². The number of hydrogen-bond acceptors (Lipinski definition) is 5. The topological polar surface area (TPSA) is 77.0 Å². The number of hydrazone groups is 1. The van der Waals surface area contributed by atoms with E-state index in [2.05, 4.69) is 10.5 Å². The molecule has 0 bridgehead atoms. The number of halogens is 1. The summed E-state index contributed by atoms with van der Waals surface area (Å²) in [5.74, 6) is 0.0125. The Kier molecular flexibility index (Phi) is 8.17. The van der Waals surface area contributed by atoms with Crippen LogP contribution in [-0.2, 0) is 9.59 Å². The minimum Gasteiger partial charge on any atom is -0.481 e. The lowest BCUT2D eigenvalue weighted by atomic mass is 10.2. The molecule has 0 heterocycles. The maximum absolute atomic E-state index is 12.1. The summed E-state index contributed by atoms with van der Waals surface area (Å²) in [5.41, 5.74) is 4.05. The van der Waals surface area contributed by atoms with Crippen LogP contribution >= 0.6 is 11.6 Å². The number of esters is 1. The Morgan fingerprint density at radius 3 is 2.41 bits per heavy atom. The van der Waals surface area contributed by atoms with Crippen molar-refractivity contribution in [2.75, 3.05) is 0 Å².